The van der Waals surface area contributed by atoms with E-state index in [1.54, 1.807) is 20.8 Å². The van der Waals surface area contributed by atoms with Crippen molar-refractivity contribution in [2.24, 2.45) is 0 Å². The second kappa shape index (κ2) is 11.0. The number of amides is 2. The van der Waals surface area contributed by atoms with Crippen LogP contribution in [0, 0.1) is 0 Å². The molecule has 0 spiro atoms. The third kappa shape index (κ3) is 14.5. The van der Waals surface area contributed by atoms with Crippen molar-refractivity contribution in [3.05, 3.63) is 0 Å². The standard InChI is InChI=1S/C18H34N2O6/c1-17(2,3)25-16(24)19-12-8-7-9-13-20(26-18(4,5)6)14(21)10-11-15(22)23/h7-13H2,1-6H3,(H,19,24)(H,22,23). The number of rotatable bonds is 10. The average Bonchev–Trinajstić information content (AvgIpc) is 2.43. The van der Waals surface area contributed by atoms with Crippen LogP contribution in [-0.4, -0.2) is 52.4 Å². The van der Waals surface area contributed by atoms with Gasteiger partial charge in [-0.15, -0.1) is 0 Å². The summed E-state index contributed by atoms with van der Waals surface area (Å²) >= 11 is 0. The summed E-state index contributed by atoms with van der Waals surface area (Å²) in [7, 11) is 0. The summed E-state index contributed by atoms with van der Waals surface area (Å²) < 4.78 is 5.14. The molecule has 8 nitrogen and oxygen atoms in total. The predicted molar refractivity (Wildman–Crippen MR) is 97.5 cm³/mol. The molecule has 0 rings (SSSR count). The fourth-order valence-corrected chi connectivity index (χ4v) is 1.95. The first kappa shape index (κ1) is 24.2. The number of carbonyl (C=O) groups is 3. The highest BCUT2D eigenvalue weighted by Crippen LogP contribution is 2.13. The summed E-state index contributed by atoms with van der Waals surface area (Å²) in [5.74, 6) is -1.35. The molecule has 0 aromatic heterocycles. The lowest BCUT2D eigenvalue weighted by molar-refractivity contribution is -0.227. The number of alkyl carbamates (subject to hydrolysis) is 1. The Morgan fingerprint density at radius 1 is 0.923 bits per heavy atom. The van der Waals surface area contributed by atoms with E-state index in [-0.39, 0.29) is 18.7 Å². The Morgan fingerprint density at radius 3 is 2.04 bits per heavy atom. The second-order valence-electron chi connectivity index (χ2n) is 8.08. The van der Waals surface area contributed by atoms with E-state index in [1.807, 2.05) is 20.8 Å². The van der Waals surface area contributed by atoms with E-state index in [9.17, 15) is 14.4 Å². The third-order valence-electron chi connectivity index (χ3n) is 2.92. The number of hydrogen-bond donors (Lipinski definition) is 2. The lowest BCUT2D eigenvalue weighted by Crippen LogP contribution is -2.39. The third-order valence-corrected chi connectivity index (χ3v) is 2.92. The van der Waals surface area contributed by atoms with E-state index < -0.39 is 23.3 Å². The van der Waals surface area contributed by atoms with Crippen molar-refractivity contribution in [1.29, 1.82) is 0 Å². The predicted octanol–water partition coefficient (Wildman–Crippen LogP) is 3.10. The van der Waals surface area contributed by atoms with Crippen LogP contribution in [0.3, 0.4) is 0 Å². The van der Waals surface area contributed by atoms with Crippen LogP contribution >= 0.6 is 0 Å². The smallest absolute Gasteiger partial charge is 0.407 e. The van der Waals surface area contributed by atoms with Gasteiger partial charge in [-0.05, 0) is 60.8 Å². The maximum atomic E-state index is 12.1. The maximum Gasteiger partial charge on any atom is 0.407 e. The SMILES string of the molecule is CC(C)(C)OC(=O)NCCCCCN(OC(C)(C)C)C(=O)CCC(=O)O. The number of unbranched alkanes of at least 4 members (excludes halogenated alkanes) is 2. The molecule has 0 aromatic rings. The highest BCUT2D eigenvalue weighted by atomic mass is 16.7. The number of ether oxygens (including phenoxy) is 1. The van der Waals surface area contributed by atoms with Gasteiger partial charge in [0.05, 0.1) is 12.0 Å². The van der Waals surface area contributed by atoms with Crippen LogP contribution in [0.1, 0.15) is 73.6 Å². The monoisotopic (exact) mass is 374 g/mol. The fraction of sp³-hybridized carbons (Fsp3) is 0.833. The first-order valence-electron chi connectivity index (χ1n) is 8.98. The van der Waals surface area contributed by atoms with E-state index in [1.165, 1.54) is 5.06 Å². The number of nitrogens with zero attached hydrogens (tertiary/aromatic N) is 1. The molecule has 0 fully saturated rings. The fourth-order valence-electron chi connectivity index (χ4n) is 1.95. The zero-order chi connectivity index (χ0) is 20.4. The van der Waals surface area contributed by atoms with Crippen molar-refractivity contribution >= 4 is 18.0 Å². The molecule has 0 aliphatic heterocycles. The van der Waals surface area contributed by atoms with Gasteiger partial charge in [0.25, 0.3) is 0 Å². The molecule has 2 N–H and O–H groups in total. The highest BCUT2D eigenvalue weighted by molar-refractivity contribution is 5.80. The lowest BCUT2D eigenvalue weighted by atomic mass is 10.2. The van der Waals surface area contributed by atoms with Crippen LogP contribution in [-0.2, 0) is 19.2 Å². The van der Waals surface area contributed by atoms with Gasteiger partial charge in [0, 0.05) is 19.5 Å². The lowest BCUT2D eigenvalue weighted by Gasteiger charge is -2.29. The van der Waals surface area contributed by atoms with E-state index in [0.29, 0.717) is 19.5 Å². The topological polar surface area (TPSA) is 105 Å². The minimum Gasteiger partial charge on any atom is -0.481 e. The number of hydrogen-bond acceptors (Lipinski definition) is 5. The number of nitrogens with one attached hydrogen (secondary N) is 1. The normalized spacial score (nSPS) is 11.8. The van der Waals surface area contributed by atoms with Gasteiger partial charge in [-0.2, -0.15) is 0 Å². The molecule has 152 valence electrons. The first-order chi connectivity index (χ1) is 11.8. The Kier molecular flexibility index (Phi) is 10.2. The van der Waals surface area contributed by atoms with Gasteiger partial charge >= 0.3 is 12.1 Å². The van der Waals surface area contributed by atoms with Crippen molar-refractivity contribution in [3.63, 3.8) is 0 Å². The Balaban J connectivity index is 4.18. The van der Waals surface area contributed by atoms with Crippen LogP contribution in [0.4, 0.5) is 4.79 Å². The molecule has 8 heteroatoms. The molecule has 0 saturated carbocycles. The van der Waals surface area contributed by atoms with Crippen LogP contribution in [0.5, 0.6) is 0 Å². The molecule has 0 heterocycles. The number of aliphatic carboxylic acids is 1. The van der Waals surface area contributed by atoms with Gasteiger partial charge in [0.15, 0.2) is 0 Å². The highest BCUT2D eigenvalue weighted by Gasteiger charge is 2.22. The average molecular weight is 374 g/mol. The largest absolute Gasteiger partial charge is 0.481 e. The molecule has 0 atom stereocenters. The Bertz CT molecular complexity index is 465. The van der Waals surface area contributed by atoms with Crippen molar-refractivity contribution in [1.82, 2.24) is 10.4 Å². The summed E-state index contributed by atoms with van der Waals surface area (Å²) in [6.07, 6.45) is 1.45. The molecular formula is C18H34N2O6. The Hall–Kier alpha value is -1.83. The quantitative estimate of drug-likeness (QED) is 0.450. The van der Waals surface area contributed by atoms with E-state index in [4.69, 9.17) is 14.7 Å². The summed E-state index contributed by atoms with van der Waals surface area (Å²) in [6.45, 7) is 11.8. The molecule has 0 aromatic carbocycles. The van der Waals surface area contributed by atoms with E-state index >= 15 is 0 Å². The number of carboxylic acid groups (broad SMARTS) is 1. The zero-order valence-electron chi connectivity index (χ0n) is 16.9. The Labute approximate surface area is 156 Å². The van der Waals surface area contributed by atoms with E-state index in [0.717, 1.165) is 12.8 Å². The molecule has 0 radical (unpaired) electrons. The summed E-state index contributed by atoms with van der Waals surface area (Å²) in [5.41, 5.74) is -1.07. The molecule has 26 heavy (non-hydrogen) atoms. The summed E-state index contributed by atoms with van der Waals surface area (Å²) in [6, 6.07) is 0. The van der Waals surface area contributed by atoms with Crippen molar-refractivity contribution < 1.29 is 29.1 Å². The molecule has 0 bridgehead atoms. The molecule has 0 aliphatic rings. The van der Waals surface area contributed by atoms with Crippen LogP contribution in [0.2, 0.25) is 0 Å². The molecular weight excluding hydrogens is 340 g/mol. The molecule has 0 aliphatic carbocycles. The van der Waals surface area contributed by atoms with E-state index in [2.05, 4.69) is 5.32 Å². The zero-order valence-corrected chi connectivity index (χ0v) is 16.9. The first-order valence-corrected chi connectivity index (χ1v) is 8.98. The van der Waals surface area contributed by atoms with Gasteiger partial charge < -0.3 is 15.2 Å². The van der Waals surface area contributed by atoms with Crippen LogP contribution < -0.4 is 5.32 Å². The van der Waals surface area contributed by atoms with Crippen molar-refractivity contribution in [2.75, 3.05) is 13.1 Å². The van der Waals surface area contributed by atoms with Crippen LogP contribution in [0.15, 0.2) is 0 Å². The van der Waals surface area contributed by atoms with Gasteiger partial charge in [0.1, 0.15) is 5.60 Å². The molecule has 0 unspecified atom stereocenters. The van der Waals surface area contributed by atoms with Gasteiger partial charge in [-0.3, -0.25) is 14.4 Å². The van der Waals surface area contributed by atoms with Crippen molar-refractivity contribution in [3.8, 4) is 0 Å². The number of hydroxylamine groups is 2. The minimum absolute atomic E-state index is 0.0917. The van der Waals surface area contributed by atoms with Gasteiger partial charge in [-0.1, -0.05) is 0 Å². The number of carboxylic acids is 1. The van der Waals surface area contributed by atoms with Crippen molar-refractivity contribution in [2.45, 2.75) is 84.8 Å². The Morgan fingerprint density at radius 2 is 1.54 bits per heavy atom. The van der Waals surface area contributed by atoms with Gasteiger partial charge in [-0.25, -0.2) is 9.86 Å². The second-order valence-corrected chi connectivity index (χ2v) is 8.08. The maximum absolute atomic E-state index is 12.1. The molecule has 0 saturated heterocycles. The number of carbonyl (C=O) groups excluding carboxylic acids is 2. The minimum atomic E-state index is -1.01. The summed E-state index contributed by atoms with van der Waals surface area (Å²) in [5, 5.41) is 12.6. The van der Waals surface area contributed by atoms with Gasteiger partial charge in [0.2, 0.25) is 5.91 Å². The summed E-state index contributed by atoms with van der Waals surface area (Å²) in [4.78, 5) is 39.9. The van der Waals surface area contributed by atoms with Crippen LogP contribution in [0.25, 0.3) is 0 Å². The molecule has 2 amide bonds.